The first-order valence-corrected chi connectivity index (χ1v) is 21.4. The minimum Gasteiger partial charge on any atom is -0.503 e. The summed E-state index contributed by atoms with van der Waals surface area (Å²) < 4.78 is 50.9. The van der Waals surface area contributed by atoms with Gasteiger partial charge in [0.25, 0.3) is 11.8 Å². The number of nitrogens with zero attached hydrogens (tertiary/aromatic N) is 8. The molecule has 5 aliphatic rings. The maximum absolute atomic E-state index is 14.3. The van der Waals surface area contributed by atoms with Gasteiger partial charge in [-0.25, -0.2) is 23.5 Å². The van der Waals surface area contributed by atoms with E-state index in [0.29, 0.717) is 34.9 Å². The van der Waals surface area contributed by atoms with Gasteiger partial charge >= 0.3 is 5.69 Å². The number of imidazole rings is 1. The van der Waals surface area contributed by atoms with Gasteiger partial charge in [0.05, 0.1) is 16.6 Å². The van der Waals surface area contributed by atoms with Gasteiger partial charge in [-0.1, -0.05) is 25.1 Å². The number of aromatic nitrogens is 6. The molecule has 1 unspecified atom stereocenters. The van der Waals surface area contributed by atoms with Crippen LogP contribution in [0.1, 0.15) is 93.0 Å². The first kappa shape index (κ1) is 42.2. The van der Waals surface area contributed by atoms with Gasteiger partial charge in [-0.05, 0) is 92.0 Å². The molecule has 19 heteroatoms. The monoisotopic (exact) mass is 870 g/mol. The van der Waals surface area contributed by atoms with Gasteiger partial charge in [-0.15, -0.1) is 0 Å². The van der Waals surface area contributed by atoms with E-state index in [1.807, 2.05) is 18.2 Å². The van der Waals surface area contributed by atoms with Crippen LogP contribution in [0.25, 0.3) is 22.6 Å². The topological polar surface area (TPSA) is 194 Å². The summed E-state index contributed by atoms with van der Waals surface area (Å²) in [5, 5.41) is 18.8. The van der Waals surface area contributed by atoms with Crippen LogP contribution in [-0.4, -0.2) is 96.2 Å². The van der Waals surface area contributed by atoms with Crippen molar-refractivity contribution in [2.75, 3.05) is 44.2 Å². The third kappa shape index (κ3) is 7.84. The lowest BCUT2D eigenvalue weighted by Gasteiger charge is -2.52. The first-order chi connectivity index (χ1) is 30.0. The van der Waals surface area contributed by atoms with E-state index in [1.54, 1.807) is 23.9 Å². The highest BCUT2D eigenvalue weighted by Crippen LogP contribution is 2.57. The van der Waals surface area contributed by atoms with Gasteiger partial charge in [-0.3, -0.25) is 33.7 Å². The molecule has 2 aromatic carbocycles. The quantitative estimate of drug-likeness (QED) is 0.123. The van der Waals surface area contributed by atoms with Crippen molar-refractivity contribution < 1.29 is 37.2 Å². The molecule has 5 aromatic rings. The molecule has 0 radical (unpaired) electrons. The molecule has 10 rings (SSSR count). The number of halogens is 3. The van der Waals surface area contributed by atoms with E-state index < -0.39 is 46.6 Å². The lowest BCUT2D eigenvalue weighted by Crippen LogP contribution is -2.49. The number of amides is 3. The summed E-state index contributed by atoms with van der Waals surface area (Å²) in [7, 11) is 1.71. The van der Waals surface area contributed by atoms with Crippen LogP contribution in [0.5, 0.6) is 5.75 Å². The van der Waals surface area contributed by atoms with E-state index in [-0.39, 0.29) is 47.2 Å². The fraction of sp³-hybridized carbons (Fsp3) is 0.500. The number of piperidine rings is 1. The zero-order valence-electron chi connectivity index (χ0n) is 35.3. The van der Waals surface area contributed by atoms with Crippen LogP contribution >= 0.6 is 0 Å². The van der Waals surface area contributed by atoms with Gasteiger partial charge in [0.1, 0.15) is 11.7 Å². The number of phenolic OH excluding ortho intramolecular Hbond substituents is 1. The Bertz CT molecular complexity index is 2680. The molecule has 0 spiro atoms. The Morgan fingerprint density at radius 2 is 1.70 bits per heavy atom. The summed E-state index contributed by atoms with van der Waals surface area (Å²) in [6.07, 6.45) is 7.38. The molecular weight excluding hydrogens is 822 g/mol. The lowest BCUT2D eigenvalue weighted by atomic mass is 9.53. The molecule has 1 atom stereocenters. The van der Waals surface area contributed by atoms with E-state index in [9.17, 15) is 37.5 Å². The highest BCUT2D eigenvalue weighted by Gasteiger charge is 2.52. The minimum absolute atomic E-state index is 0.0976. The molecule has 2 saturated heterocycles. The molecule has 3 amide bonds. The molecule has 5 fully saturated rings. The van der Waals surface area contributed by atoms with Crippen LogP contribution in [0, 0.1) is 28.3 Å². The SMILES string of the molecule is Cn1c(=O)n(C2CCC(=O)NC2=O)c2ccc(CC(C)(C)CN3CCN(c4nccc(-c5nc([C@]67CC[C@](CNC(=O)c8cc(F)c(O)c(F)c8F)(CC6)CC7)no5)n4)CC3)cc21. The number of fused-ring (bicyclic) bond motifs is 4. The predicted molar refractivity (Wildman–Crippen MR) is 222 cm³/mol. The molecule has 3 aliphatic carbocycles. The van der Waals surface area contributed by atoms with Crippen LogP contribution < -0.4 is 21.2 Å². The number of piperazine rings is 1. The number of hydrogen-bond donors (Lipinski definition) is 3. The summed E-state index contributed by atoms with van der Waals surface area (Å²) in [6, 6.07) is 7.47. The maximum atomic E-state index is 14.3. The van der Waals surface area contributed by atoms with Crippen molar-refractivity contribution in [2.45, 2.75) is 83.1 Å². The molecule has 3 saturated carbocycles. The van der Waals surface area contributed by atoms with E-state index in [1.165, 1.54) is 4.57 Å². The van der Waals surface area contributed by atoms with E-state index in [0.717, 1.165) is 88.7 Å². The van der Waals surface area contributed by atoms with E-state index in [4.69, 9.17) is 14.5 Å². The zero-order valence-corrected chi connectivity index (χ0v) is 35.3. The van der Waals surface area contributed by atoms with Crippen molar-refractivity contribution in [3.63, 3.8) is 0 Å². The molecule has 2 bridgehead atoms. The number of aromatic hydroxyl groups is 1. The van der Waals surface area contributed by atoms with Gasteiger partial charge < -0.3 is 19.8 Å². The Hall–Kier alpha value is -6.11. The van der Waals surface area contributed by atoms with Crippen LogP contribution in [0.3, 0.4) is 0 Å². The van der Waals surface area contributed by atoms with Crippen molar-refractivity contribution in [1.82, 2.24) is 44.8 Å². The standard InChI is InChI=1S/C44H49F3N10O6/c1-42(2,22-25-4-5-29-31(20-25)54(3)41(62)57(29)30-6-7-32(58)51-37(30)61)24-55-16-18-56(19-17-55)40-48-15-8-28(50-40)38-52-39(53-63-38)44-12-9-43(10-13-44,11-14-44)23-49-36(60)26-21-27(45)35(59)34(47)33(26)46/h4-5,8,15,20-21,30,59H,6-7,9-14,16-19,22-24H2,1-3H3,(H,49,60)(H,51,58,61)/t30?,43-,44+. The van der Waals surface area contributed by atoms with Gasteiger partial charge in [0, 0.05) is 64.3 Å². The summed E-state index contributed by atoms with van der Waals surface area (Å²) >= 11 is 0. The number of nitrogens with one attached hydrogen (secondary N) is 2. The highest BCUT2D eigenvalue weighted by atomic mass is 19.2. The zero-order chi connectivity index (χ0) is 44.4. The number of anilines is 1. The number of carbonyl (C=O) groups excluding carboxylic acids is 3. The van der Waals surface area contributed by atoms with Crippen LogP contribution in [0.15, 0.2) is 45.8 Å². The van der Waals surface area contributed by atoms with Gasteiger partial charge in [0.15, 0.2) is 23.2 Å². The highest BCUT2D eigenvalue weighted by molar-refractivity contribution is 6.00. The molecule has 16 nitrogen and oxygen atoms in total. The number of phenols is 1. The third-order valence-corrected chi connectivity index (χ3v) is 13.8. The number of aryl methyl sites for hydroxylation is 1. The predicted octanol–water partition coefficient (Wildman–Crippen LogP) is 4.69. The van der Waals surface area contributed by atoms with Crippen molar-refractivity contribution >= 4 is 34.7 Å². The number of imide groups is 1. The summed E-state index contributed by atoms with van der Waals surface area (Å²) in [5.41, 5.74) is 1.28. The minimum atomic E-state index is -1.80. The Labute approximate surface area is 359 Å². The number of carbonyl (C=O) groups is 3. The number of rotatable bonds is 11. The lowest BCUT2D eigenvalue weighted by molar-refractivity contribution is -0.135. The van der Waals surface area contributed by atoms with E-state index >= 15 is 0 Å². The van der Waals surface area contributed by atoms with E-state index in [2.05, 4.69) is 44.4 Å². The molecule has 5 heterocycles. The van der Waals surface area contributed by atoms with Gasteiger partial charge in [-0.2, -0.15) is 9.37 Å². The number of benzene rings is 2. The van der Waals surface area contributed by atoms with Crippen LogP contribution in [0.4, 0.5) is 19.1 Å². The number of hydrogen-bond acceptors (Lipinski definition) is 12. The van der Waals surface area contributed by atoms with Crippen LogP contribution in [-0.2, 0) is 28.5 Å². The normalized spacial score (nSPS) is 23.1. The van der Waals surface area contributed by atoms with Crippen molar-refractivity contribution in [1.29, 1.82) is 0 Å². The van der Waals surface area contributed by atoms with Crippen LogP contribution in [0.2, 0.25) is 0 Å². The molecule has 3 N–H and O–H groups in total. The second-order valence-corrected chi connectivity index (χ2v) is 18.6. The summed E-state index contributed by atoms with van der Waals surface area (Å²) in [6.45, 7) is 8.59. The summed E-state index contributed by atoms with van der Waals surface area (Å²) in [5.74, 6) is -6.49. The smallest absolute Gasteiger partial charge is 0.329 e. The Morgan fingerprint density at radius 3 is 2.41 bits per heavy atom. The molecule has 2 aliphatic heterocycles. The second kappa shape index (κ2) is 15.9. The third-order valence-electron chi connectivity index (χ3n) is 13.8. The fourth-order valence-electron chi connectivity index (χ4n) is 10.2. The summed E-state index contributed by atoms with van der Waals surface area (Å²) in [4.78, 5) is 69.2. The molecule has 332 valence electrons. The van der Waals surface area contributed by atoms with Crippen molar-refractivity contribution in [2.24, 2.45) is 17.9 Å². The molecular formula is C44H49F3N10O6. The van der Waals surface area contributed by atoms with Crippen molar-refractivity contribution in [3.05, 3.63) is 81.4 Å². The first-order valence-electron chi connectivity index (χ1n) is 21.4. The Balaban J connectivity index is 0.786. The fourth-order valence-corrected chi connectivity index (χ4v) is 10.2. The Morgan fingerprint density at radius 1 is 0.968 bits per heavy atom. The Kier molecular flexibility index (Phi) is 10.7. The van der Waals surface area contributed by atoms with Crippen molar-refractivity contribution in [3.8, 4) is 17.3 Å². The average molecular weight is 871 g/mol. The maximum Gasteiger partial charge on any atom is 0.329 e. The molecule has 63 heavy (non-hydrogen) atoms. The average Bonchev–Trinajstić information content (AvgIpc) is 3.88. The van der Waals surface area contributed by atoms with Gasteiger partial charge in [0.2, 0.25) is 23.6 Å². The second-order valence-electron chi connectivity index (χ2n) is 18.6. The molecule has 3 aromatic heterocycles. The largest absolute Gasteiger partial charge is 0.503 e.